The molecule has 0 amide bonds. The van der Waals surface area contributed by atoms with Crippen molar-refractivity contribution in [3.05, 3.63) is 17.8 Å². The highest BCUT2D eigenvalue weighted by Crippen LogP contribution is 2.23. The second-order valence-electron chi connectivity index (χ2n) is 4.61. The Bertz CT molecular complexity index is 524. The molecule has 102 valence electrons. The topological polar surface area (TPSA) is 59.1 Å². The van der Waals surface area contributed by atoms with Gasteiger partial charge in [0, 0.05) is 6.54 Å². The van der Waals surface area contributed by atoms with Crippen molar-refractivity contribution in [2.45, 2.75) is 18.9 Å². The Kier molecular flexibility index (Phi) is 4.22. The third kappa shape index (κ3) is 3.20. The largest absolute Gasteiger partial charge is 0.376 e. The minimum absolute atomic E-state index is 0.412. The number of thiophene rings is 1. The van der Waals surface area contributed by atoms with Crippen molar-refractivity contribution in [3.8, 4) is 0 Å². The standard InChI is InChI=1S/C13H18N4OS/c1-4-14-5-2-10(1)18-7-6-15-12-11-3-8-19-13(11)17-9-16-12/h3,8-10,14H,1-2,4-7H2,(H,15,16,17). The molecule has 0 atom stereocenters. The summed E-state index contributed by atoms with van der Waals surface area (Å²) >= 11 is 1.63. The fraction of sp³-hybridized carbons (Fsp3) is 0.538. The number of anilines is 1. The van der Waals surface area contributed by atoms with Gasteiger partial charge in [0.25, 0.3) is 0 Å². The molecule has 5 nitrogen and oxygen atoms in total. The van der Waals surface area contributed by atoms with Crippen LogP contribution >= 0.6 is 11.3 Å². The van der Waals surface area contributed by atoms with Crippen molar-refractivity contribution < 1.29 is 4.74 Å². The molecule has 2 N–H and O–H groups in total. The molecular formula is C13H18N4OS. The van der Waals surface area contributed by atoms with E-state index in [1.54, 1.807) is 17.7 Å². The number of hydrogen-bond acceptors (Lipinski definition) is 6. The Hall–Kier alpha value is -1.24. The molecule has 0 unspecified atom stereocenters. The van der Waals surface area contributed by atoms with Gasteiger partial charge in [0.15, 0.2) is 0 Å². The summed E-state index contributed by atoms with van der Waals surface area (Å²) < 4.78 is 5.85. The van der Waals surface area contributed by atoms with Crippen LogP contribution < -0.4 is 10.6 Å². The van der Waals surface area contributed by atoms with E-state index in [2.05, 4.69) is 26.7 Å². The summed E-state index contributed by atoms with van der Waals surface area (Å²) in [4.78, 5) is 9.54. The first kappa shape index (κ1) is 12.8. The first-order valence-corrected chi connectivity index (χ1v) is 7.56. The molecule has 3 heterocycles. The first-order chi connectivity index (χ1) is 9.43. The summed E-state index contributed by atoms with van der Waals surface area (Å²) in [7, 11) is 0. The van der Waals surface area contributed by atoms with Crippen molar-refractivity contribution in [2.24, 2.45) is 0 Å². The summed E-state index contributed by atoms with van der Waals surface area (Å²) in [5, 5.41) is 9.79. The van der Waals surface area contributed by atoms with Crippen molar-refractivity contribution >= 4 is 27.4 Å². The molecule has 3 rings (SSSR count). The molecule has 1 aliphatic rings. The van der Waals surface area contributed by atoms with Crippen LogP contribution in [-0.4, -0.2) is 42.3 Å². The number of nitrogens with one attached hydrogen (secondary N) is 2. The molecule has 6 heteroatoms. The molecule has 0 spiro atoms. The van der Waals surface area contributed by atoms with Crippen LogP contribution in [0.3, 0.4) is 0 Å². The zero-order chi connectivity index (χ0) is 12.9. The molecule has 1 aliphatic heterocycles. The fourth-order valence-corrected chi connectivity index (χ4v) is 3.02. The number of rotatable bonds is 5. The summed E-state index contributed by atoms with van der Waals surface area (Å²) in [5.41, 5.74) is 0. The van der Waals surface area contributed by atoms with Crippen LogP contribution in [0.1, 0.15) is 12.8 Å². The number of aromatic nitrogens is 2. The van der Waals surface area contributed by atoms with Crippen LogP contribution in [0.4, 0.5) is 5.82 Å². The van der Waals surface area contributed by atoms with E-state index in [9.17, 15) is 0 Å². The summed E-state index contributed by atoms with van der Waals surface area (Å²) in [6.45, 7) is 3.64. The summed E-state index contributed by atoms with van der Waals surface area (Å²) in [6.07, 6.45) is 4.24. The number of ether oxygens (including phenoxy) is 1. The van der Waals surface area contributed by atoms with Crippen molar-refractivity contribution in [2.75, 3.05) is 31.6 Å². The van der Waals surface area contributed by atoms with Gasteiger partial charge >= 0.3 is 0 Å². The van der Waals surface area contributed by atoms with Gasteiger partial charge in [0.05, 0.1) is 18.1 Å². The first-order valence-electron chi connectivity index (χ1n) is 6.68. The normalized spacial score (nSPS) is 16.8. The van der Waals surface area contributed by atoms with Gasteiger partial charge < -0.3 is 15.4 Å². The molecule has 2 aromatic rings. The van der Waals surface area contributed by atoms with Gasteiger partial charge in [-0.3, -0.25) is 0 Å². The van der Waals surface area contributed by atoms with Gasteiger partial charge in [-0.25, -0.2) is 9.97 Å². The number of fused-ring (bicyclic) bond motifs is 1. The highest BCUT2D eigenvalue weighted by Gasteiger charge is 2.12. The van der Waals surface area contributed by atoms with E-state index in [1.165, 1.54) is 0 Å². The number of piperidine rings is 1. The van der Waals surface area contributed by atoms with E-state index in [0.29, 0.717) is 6.10 Å². The SMILES string of the molecule is c1nc(NCCOC2CCNCC2)c2ccsc2n1. The van der Waals surface area contributed by atoms with E-state index in [4.69, 9.17) is 4.74 Å². The smallest absolute Gasteiger partial charge is 0.138 e. The highest BCUT2D eigenvalue weighted by atomic mass is 32.1. The molecule has 19 heavy (non-hydrogen) atoms. The molecule has 0 bridgehead atoms. The minimum Gasteiger partial charge on any atom is -0.376 e. The number of hydrogen-bond donors (Lipinski definition) is 2. The molecule has 2 aromatic heterocycles. The maximum atomic E-state index is 5.85. The van der Waals surface area contributed by atoms with Gasteiger partial charge in [-0.15, -0.1) is 11.3 Å². The highest BCUT2D eigenvalue weighted by molar-refractivity contribution is 7.16. The lowest BCUT2D eigenvalue weighted by atomic mass is 10.1. The maximum absolute atomic E-state index is 5.85. The van der Waals surface area contributed by atoms with Crippen LogP contribution in [0, 0.1) is 0 Å². The molecule has 0 radical (unpaired) electrons. The Labute approximate surface area is 116 Å². The maximum Gasteiger partial charge on any atom is 0.138 e. The molecule has 1 saturated heterocycles. The molecular weight excluding hydrogens is 260 g/mol. The van der Waals surface area contributed by atoms with E-state index >= 15 is 0 Å². The Morgan fingerprint density at radius 3 is 3.16 bits per heavy atom. The third-order valence-corrected chi connectivity index (χ3v) is 4.12. The van der Waals surface area contributed by atoms with Gasteiger partial charge in [0.1, 0.15) is 17.0 Å². The Balaban J connectivity index is 1.48. The van der Waals surface area contributed by atoms with Crippen LogP contribution in [0.25, 0.3) is 10.2 Å². The molecule has 1 fully saturated rings. The molecule has 0 aromatic carbocycles. The predicted octanol–water partition coefficient (Wildman–Crippen LogP) is 1.87. The van der Waals surface area contributed by atoms with Gasteiger partial charge in [-0.1, -0.05) is 0 Å². The lowest BCUT2D eigenvalue weighted by Gasteiger charge is -2.23. The van der Waals surface area contributed by atoms with Crippen LogP contribution in [0.15, 0.2) is 17.8 Å². The van der Waals surface area contributed by atoms with Crippen LogP contribution in [-0.2, 0) is 4.74 Å². The fourth-order valence-electron chi connectivity index (χ4n) is 2.29. The second kappa shape index (κ2) is 6.27. The minimum atomic E-state index is 0.412. The van der Waals surface area contributed by atoms with E-state index in [1.807, 2.05) is 5.38 Å². The Morgan fingerprint density at radius 1 is 1.37 bits per heavy atom. The quantitative estimate of drug-likeness (QED) is 0.818. The van der Waals surface area contributed by atoms with E-state index < -0.39 is 0 Å². The predicted molar refractivity (Wildman–Crippen MR) is 77.7 cm³/mol. The lowest BCUT2D eigenvalue weighted by molar-refractivity contribution is 0.0394. The van der Waals surface area contributed by atoms with Gasteiger partial charge in [0.2, 0.25) is 0 Å². The molecule has 0 saturated carbocycles. The average Bonchev–Trinajstić information content (AvgIpc) is 2.94. The zero-order valence-electron chi connectivity index (χ0n) is 10.8. The second-order valence-corrected chi connectivity index (χ2v) is 5.50. The summed E-state index contributed by atoms with van der Waals surface area (Å²) in [5.74, 6) is 0.903. The van der Waals surface area contributed by atoms with Crippen molar-refractivity contribution in [3.63, 3.8) is 0 Å². The third-order valence-electron chi connectivity index (χ3n) is 3.30. The average molecular weight is 278 g/mol. The van der Waals surface area contributed by atoms with E-state index in [-0.39, 0.29) is 0 Å². The number of nitrogens with zero attached hydrogens (tertiary/aromatic N) is 2. The Morgan fingerprint density at radius 2 is 2.26 bits per heavy atom. The van der Waals surface area contributed by atoms with Crippen LogP contribution in [0.5, 0.6) is 0 Å². The van der Waals surface area contributed by atoms with Crippen molar-refractivity contribution in [1.82, 2.24) is 15.3 Å². The zero-order valence-corrected chi connectivity index (χ0v) is 11.6. The van der Waals surface area contributed by atoms with Gasteiger partial charge in [-0.05, 0) is 37.4 Å². The van der Waals surface area contributed by atoms with Gasteiger partial charge in [-0.2, -0.15) is 0 Å². The molecule has 0 aliphatic carbocycles. The monoisotopic (exact) mass is 278 g/mol. The van der Waals surface area contributed by atoms with Crippen LogP contribution in [0.2, 0.25) is 0 Å². The van der Waals surface area contributed by atoms with Crippen molar-refractivity contribution in [1.29, 1.82) is 0 Å². The lowest BCUT2D eigenvalue weighted by Crippen LogP contribution is -2.33. The summed E-state index contributed by atoms with van der Waals surface area (Å²) in [6, 6.07) is 2.05. The van der Waals surface area contributed by atoms with E-state index in [0.717, 1.165) is 55.1 Å².